The van der Waals surface area contributed by atoms with Gasteiger partial charge >= 0.3 is 5.97 Å². The van der Waals surface area contributed by atoms with Gasteiger partial charge in [0.05, 0.1) is 6.42 Å². The van der Waals surface area contributed by atoms with Gasteiger partial charge < -0.3 is 10.4 Å². The summed E-state index contributed by atoms with van der Waals surface area (Å²) >= 11 is 0. The van der Waals surface area contributed by atoms with Crippen molar-refractivity contribution in [2.75, 3.05) is 6.54 Å². The maximum Gasteiger partial charge on any atom is 0.303 e. The second-order valence-corrected chi connectivity index (χ2v) is 5.91. The first kappa shape index (κ1) is 15.5. The van der Waals surface area contributed by atoms with Crippen molar-refractivity contribution < 1.29 is 14.7 Å². The lowest BCUT2D eigenvalue weighted by atomic mass is 9.79. The molecule has 1 heterocycles. The third-order valence-electron chi connectivity index (χ3n) is 4.21. The maximum absolute atomic E-state index is 12.1. The van der Waals surface area contributed by atoms with Gasteiger partial charge in [-0.15, -0.1) is 0 Å². The van der Waals surface area contributed by atoms with Crippen molar-refractivity contribution >= 4 is 11.9 Å². The number of aromatic nitrogens is 1. The summed E-state index contributed by atoms with van der Waals surface area (Å²) in [6.45, 7) is 0.575. The molecule has 114 valence electrons. The summed E-state index contributed by atoms with van der Waals surface area (Å²) in [5, 5.41) is 11.9. The van der Waals surface area contributed by atoms with Crippen LogP contribution in [0.15, 0.2) is 24.5 Å². The van der Waals surface area contributed by atoms with Crippen LogP contribution in [0, 0.1) is 5.41 Å². The van der Waals surface area contributed by atoms with E-state index in [2.05, 4.69) is 10.3 Å². The van der Waals surface area contributed by atoms with E-state index < -0.39 is 5.97 Å². The van der Waals surface area contributed by atoms with Crippen LogP contribution in [0.3, 0.4) is 0 Å². The number of amides is 1. The third-order valence-corrected chi connectivity index (χ3v) is 4.21. The predicted molar refractivity (Wildman–Crippen MR) is 78.7 cm³/mol. The van der Waals surface area contributed by atoms with Crippen molar-refractivity contribution in [1.29, 1.82) is 0 Å². The van der Waals surface area contributed by atoms with Crippen molar-refractivity contribution in [3.8, 4) is 0 Å². The number of carboxylic acid groups (broad SMARTS) is 1. The van der Waals surface area contributed by atoms with E-state index >= 15 is 0 Å². The molecule has 1 fully saturated rings. The second kappa shape index (κ2) is 7.20. The normalized spacial score (nSPS) is 16.6. The maximum atomic E-state index is 12.1. The Labute approximate surface area is 124 Å². The molecule has 1 aliphatic carbocycles. The summed E-state index contributed by atoms with van der Waals surface area (Å²) in [4.78, 5) is 27.0. The van der Waals surface area contributed by atoms with Crippen LogP contribution in [-0.2, 0) is 16.0 Å². The van der Waals surface area contributed by atoms with Gasteiger partial charge in [0.25, 0.3) is 0 Å². The summed E-state index contributed by atoms with van der Waals surface area (Å²) in [6, 6.07) is 3.85. The monoisotopic (exact) mass is 290 g/mol. The van der Waals surface area contributed by atoms with Gasteiger partial charge in [0.1, 0.15) is 0 Å². The molecule has 2 N–H and O–H groups in total. The zero-order valence-electron chi connectivity index (χ0n) is 12.2. The number of nitrogens with one attached hydrogen (secondary N) is 1. The first-order valence-corrected chi connectivity index (χ1v) is 7.47. The van der Waals surface area contributed by atoms with E-state index in [0.717, 1.165) is 37.7 Å². The van der Waals surface area contributed by atoms with E-state index in [1.165, 1.54) is 0 Å². The number of pyridine rings is 1. The van der Waals surface area contributed by atoms with Crippen molar-refractivity contribution in [2.24, 2.45) is 5.41 Å². The molecule has 5 heteroatoms. The van der Waals surface area contributed by atoms with Gasteiger partial charge in [0, 0.05) is 25.4 Å². The molecule has 0 saturated heterocycles. The molecule has 0 aromatic carbocycles. The molecule has 1 aromatic rings. The number of carboxylic acids is 1. The highest BCUT2D eigenvalue weighted by atomic mass is 16.4. The Morgan fingerprint density at radius 2 is 1.86 bits per heavy atom. The van der Waals surface area contributed by atoms with Crippen molar-refractivity contribution in [3.63, 3.8) is 0 Å². The van der Waals surface area contributed by atoms with Crippen LogP contribution in [0.1, 0.15) is 44.1 Å². The van der Waals surface area contributed by atoms with Crippen LogP contribution in [-0.4, -0.2) is 28.5 Å². The lowest BCUT2D eigenvalue weighted by Gasteiger charge is -2.26. The van der Waals surface area contributed by atoms with Crippen molar-refractivity contribution in [3.05, 3.63) is 30.1 Å². The molecule has 0 bridgehead atoms. The van der Waals surface area contributed by atoms with Crippen LogP contribution in [0.2, 0.25) is 0 Å². The molecular weight excluding hydrogens is 268 g/mol. The minimum absolute atomic E-state index is 0.0350. The van der Waals surface area contributed by atoms with Gasteiger partial charge in [-0.3, -0.25) is 14.6 Å². The quantitative estimate of drug-likeness (QED) is 0.806. The average Bonchev–Trinajstić information content (AvgIpc) is 2.87. The Morgan fingerprint density at radius 1 is 1.19 bits per heavy atom. The van der Waals surface area contributed by atoms with Crippen LogP contribution in [0.4, 0.5) is 0 Å². The molecule has 0 spiro atoms. The second-order valence-electron chi connectivity index (χ2n) is 5.91. The number of hydrogen-bond acceptors (Lipinski definition) is 3. The molecule has 1 saturated carbocycles. The Hall–Kier alpha value is -1.91. The highest BCUT2D eigenvalue weighted by Gasteiger charge is 2.37. The minimum Gasteiger partial charge on any atom is -0.481 e. The van der Waals surface area contributed by atoms with Crippen LogP contribution in [0.25, 0.3) is 0 Å². The summed E-state index contributed by atoms with van der Waals surface area (Å²) in [7, 11) is 0. The van der Waals surface area contributed by atoms with Crippen molar-refractivity contribution in [2.45, 2.75) is 44.9 Å². The molecule has 0 atom stereocenters. The number of aliphatic carboxylic acids is 1. The third kappa shape index (κ3) is 4.85. The van der Waals surface area contributed by atoms with E-state index in [9.17, 15) is 9.59 Å². The van der Waals surface area contributed by atoms with Gasteiger partial charge in [-0.25, -0.2) is 0 Å². The predicted octanol–water partition coefficient (Wildman–Crippen LogP) is 2.17. The first-order valence-electron chi connectivity index (χ1n) is 7.47. The van der Waals surface area contributed by atoms with Crippen LogP contribution >= 0.6 is 0 Å². The molecule has 1 aliphatic rings. The topological polar surface area (TPSA) is 79.3 Å². The van der Waals surface area contributed by atoms with E-state index in [-0.39, 0.29) is 17.7 Å². The molecule has 1 aromatic heterocycles. The molecule has 0 aliphatic heterocycles. The van der Waals surface area contributed by atoms with E-state index in [1.807, 2.05) is 12.1 Å². The van der Waals surface area contributed by atoms with E-state index in [0.29, 0.717) is 13.0 Å². The number of nitrogens with zero attached hydrogens (tertiary/aromatic N) is 1. The smallest absolute Gasteiger partial charge is 0.303 e. The molecule has 1 amide bonds. The minimum atomic E-state index is -0.804. The lowest BCUT2D eigenvalue weighted by molar-refractivity contribution is -0.140. The van der Waals surface area contributed by atoms with Gasteiger partial charge in [-0.05, 0) is 42.4 Å². The zero-order chi connectivity index (χ0) is 15.1. The summed E-state index contributed by atoms with van der Waals surface area (Å²) < 4.78 is 0. The Morgan fingerprint density at radius 3 is 2.48 bits per heavy atom. The fraction of sp³-hybridized carbons (Fsp3) is 0.562. The highest BCUT2D eigenvalue weighted by molar-refractivity contribution is 5.78. The number of carbonyl (C=O) groups is 2. The van der Waals surface area contributed by atoms with Gasteiger partial charge in [-0.1, -0.05) is 12.8 Å². The molecule has 0 unspecified atom stereocenters. The Kier molecular flexibility index (Phi) is 5.31. The average molecular weight is 290 g/mol. The molecular formula is C16H22N2O3. The fourth-order valence-electron chi connectivity index (χ4n) is 3.16. The molecule has 2 rings (SSSR count). The zero-order valence-corrected chi connectivity index (χ0v) is 12.2. The van der Waals surface area contributed by atoms with Crippen LogP contribution in [0.5, 0.6) is 0 Å². The SMILES string of the molecule is O=C(O)CC1(CC(=O)NCCc2ccncc2)CCCC1. The number of rotatable bonds is 7. The number of hydrogen-bond donors (Lipinski definition) is 2. The fourth-order valence-corrected chi connectivity index (χ4v) is 3.16. The van der Waals surface area contributed by atoms with E-state index in [4.69, 9.17) is 5.11 Å². The van der Waals surface area contributed by atoms with Gasteiger partial charge in [0.15, 0.2) is 0 Å². The summed E-state index contributed by atoms with van der Waals surface area (Å²) in [5.74, 6) is -0.839. The van der Waals surface area contributed by atoms with Gasteiger partial charge in [0.2, 0.25) is 5.91 Å². The van der Waals surface area contributed by atoms with Gasteiger partial charge in [-0.2, -0.15) is 0 Å². The molecule has 5 nitrogen and oxygen atoms in total. The summed E-state index contributed by atoms with van der Waals surface area (Å²) in [5.41, 5.74) is 0.804. The summed E-state index contributed by atoms with van der Waals surface area (Å²) in [6.07, 6.45) is 8.40. The Balaban J connectivity index is 1.78. The Bertz CT molecular complexity index is 482. The standard InChI is InChI=1S/C16H22N2O3/c19-14(18-10-5-13-3-8-17-9-4-13)11-16(12-15(20)21)6-1-2-7-16/h3-4,8-9H,1-2,5-7,10-12H2,(H,18,19)(H,20,21). The number of carbonyl (C=O) groups excluding carboxylic acids is 1. The lowest BCUT2D eigenvalue weighted by Crippen LogP contribution is -2.33. The molecule has 0 radical (unpaired) electrons. The largest absolute Gasteiger partial charge is 0.481 e. The van der Waals surface area contributed by atoms with Crippen molar-refractivity contribution in [1.82, 2.24) is 10.3 Å². The van der Waals surface area contributed by atoms with Crippen LogP contribution < -0.4 is 5.32 Å². The van der Waals surface area contributed by atoms with E-state index in [1.54, 1.807) is 12.4 Å². The first-order chi connectivity index (χ1) is 10.1. The highest BCUT2D eigenvalue weighted by Crippen LogP contribution is 2.43. The molecule has 21 heavy (non-hydrogen) atoms.